The molecule has 0 aromatic carbocycles. The maximum Gasteiger partial charge on any atom is 0.193 e. The van der Waals surface area contributed by atoms with E-state index in [0.29, 0.717) is 5.92 Å². The van der Waals surface area contributed by atoms with E-state index in [1.165, 1.54) is 10.4 Å². The molecule has 5 nitrogen and oxygen atoms in total. The van der Waals surface area contributed by atoms with Gasteiger partial charge in [0.05, 0.1) is 12.7 Å². The summed E-state index contributed by atoms with van der Waals surface area (Å²) in [6.45, 7) is 6.77. The Kier molecular flexibility index (Phi) is 8.60. The van der Waals surface area contributed by atoms with E-state index in [4.69, 9.17) is 4.99 Å². The zero-order valence-corrected chi connectivity index (χ0v) is 17.3. The van der Waals surface area contributed by atoms with E-state index in [2.05, 4.69) is 53.7 Å². The molecule has 0 saturated carbocycles. The lowest BCUT2D eigenvalue weighted by molar-refractivity contribution is 0.475. The van der Waals surface area contributed by atoms with Gasteiger partial charge in [-0.05, 0) is 18.4 Å². The molecule has 0 aliphatic heterocycles. The minimum Gasteiger partial charge on any atom is -0.357 e. The van der Waals surface area contributed by atoms with Gasteiger partial charge in [0.1, 0.15) is 0 Å². The molecular formula is C16H26IN5S. The molecule has 2 aromatic heterocycles. The summed E-state index contributed by atoms with van der Waals surface area (Å²) < 4.78 is 1.83. The lowest BCUT2D eigenvalue weighted by Gasteiger charge is -2.22. The van der Waals surface area contributed by atoms with Crippen molar-refractivity contribution in [2.45, 2.75) is 26.3 Å². The zero-order valence-electron chi connectivity index (χ0n) is 14.2. The molecular weight excluding hydrogens is 421 g/mol. The lowest BCUT2D eigenvalue weighted by atomic mass is 10.1. The van der Waals surface area contributed by atoms with Crippen LogP contribution in [0.4, 0.5) is 0 Å². The van der Waals surface area contributed by atoms with Crippen molar-refractivity contribution in [1.82, 2.24) is 20.0 Å². The molecule has 1 atom stereocenters. The van der Waals surface area contributed by atoms with E-state index in [1.807, 2.05) is 24.1 Å². The minimum atomic E-state index is 0. The van der Waals surface area contributed by atoms with Crippen LogP contribution in [0.5, 0.6) is 0 Å². The van der Waals surface area contributed by atoms with E-state index in [0.717, 1.165) is 25.6 Å². The summed E-state index contributed by atoms with van der Waals surface area (Å²) in [7, 11) is 4.00. The highest BCUT2D eigenvalue weighted by Crippen LogP contribution is 2.20. The molecule has 0 aliphatic carbocycles. The van der Waals surface area contributed by atoms with Crippen molar-refractivity contribution < 1.29 is 0 Å². The number of guanidine groups is 1. The van der Waals surface area contributed by atoms with E-state index in [9.17, 15) is 0 Å². The van der Waals surface area contributed by atoms with Gasteiger partial charge in [0.25, 0.3) is 0 Å². The van der Waals surface area contributed by atoms with E-state index < -0.39 is 0 Å². The van der Waals surface area contributed by atoms with Gasteiger partial charge in [-0.25, -0.2) is 0 Å². The van der Waals surface area contributed by atoms with Gasteiger partial charge in [0, 0.05) is 49.7 Å². The summed E-state index contributed by atoms with van der Waals surface area (Å²) in [4.78, 5) is 8.31. The predicted octanol–water partition coefficient (Wildman–Crippen LogP) is 3.30. The molecule has 0 bridgehead atoms. The van der Waals surface area contributed by atoms with Crippen molar-refractivity contribution in [3.05, 3.63) is 40.3 Å². The first-order chi connectivity index (χ1) is 10.6. The van der Waals surface area contributed by atoms with Crippen molar-refractivity contribution in [3.8, 4) is 0 Å². The first kappa shape index (κ1) is 20.0. The lowest BCUT2D eigenvalue weighted by Crippen LogP contribution is -2.38. The van der Waals surface area contributed by atoms with Crippen molar-refractivity contribution in [2.75, 3.05) is 20.1 Å². The molecule has 0 radical (unpaired) electrons. The van der Waals surface area contributed by atoms with Crippen LogP contribution in [0.15, 0.2) is 34.9 Å². The third-order valence-electron chi connectivity index (χ3n) is 3.42. The average Bonchev–Trinajstić information content (AvgIpc) is 3.14. The topological polar surface area (TPSA) is 45.5 Å². The van der Waals surface area contributed by atoms with Gasteiger partial charge in [0.2, 0.25) is 0 Å². The van der Waals surface area contributed by atoms with Crippen LogP contribution in [0.1, 0.15) is 30.2 Å². The summed E-state index contributed by atoms with van der Waals surface area (Å²) in [5, 5.41) is 9.70. The molecule has 23 heavy (non-hydrogen) atoms. The molecule has 2 aromatic rings. The van der Waals surface area contributed by atoms with Gasteiger partial charge in [-0.15, -0.1) is 35.3 Å². The van der Waals surface area contributed by atoms with Crippen LogP contribution in [-0.2, 0) is 13.6 Å². The van der Waals surface area contributed by atoms with Crippen LogP contribution < -0.4 is 5.32 Å². The van der Waals surface area contributed by atoms with E-state index in [-0.39, 0.29) is 24.0 Å². The van der Waals surface area contributed by atoms with E-state index in [1.54, 1.807) is 11.3 Å². The smallest absolute Gasteiger partial charge is 0.193 e. The molecule has 0 saturated heterocycles. The number of hydrogen-bond donors (Lipinski definition) is 1. The van der Waals surface area contributed by atoms with Gasteiger partial charge in [-0.3, -0.25) is 9.67 Å². The van der Waals surface area contributed by atoms with Crippen molar-refractivity contribution in [2.24, 2.45) is 12.0 Å². The van der Waals surface area contributed by atoms with E-state index >= 15 is 0 Å². The third kappa shape index (κ3) is 6.14. The Hall–Kier alpha value is -1.09. The second-order valence-electron chi connectivity index (χ2n) is 5.49. The highest BCUT2D eigenvalue weighted by atomic mass is 127. The molecule has 7 heteroatoms. The zero-order chi connectivity index (χ0) is 15.9. The summed E-state index contributed by atoms with van der Waals surface area (Å²) in [6.07, 6.45) is 3.93. The Bertz CT molecular complexity index is 593. The standard InChI is InChI=1S/C16H25N5S.HI/c1-5-17-16(18-9-13(2)15-7-6-8-22-15)20(3)11-14-10-19-21(4)12-14;/h6-8,10,12-13H,5,9,11H2,1-4H3,(H,17,18);1H. The number of halogens is 1. The molecule has 128 valence electrons. The summed E-state index contributed by atoms with van der Waals surface area (Å²) >= 11 is 1.80. The number of hydrogen-bond acceptors (Lipinski definition) is 3. The SMILES string of the molecule is CCNC(=NCC(C)c1cccs1)N(C)Cc1cnn(C)c1.I. The predicted molar refractivity (Wildman–Crippen MR) is 109 cm³/mol. The van der Waals surface area contributed by atoms with Crippen molar-refractivity contribution >= 4 is 41.3 Å². The van der Waals surface area contributed by atoms with Crippen LogP contribution >= 0.6 is 35.3 Å². The first-order valence-electron chi connectivity index (χ1n) is 7.60. The number of rotatable bonds is 6. The number of aromatic nitrogens is 2. The third-order valence-corrected chi connectivity index (χ3v) is 4.52. The number of thiophene rings is 1. The summed E-state index contributed by atoms with van der Waals surface area (Å²) in [5.74, 6) is 1.38. The van der Waals surface area contributed by atoms with Gasteiger partial charge in [0.15, 0.2) is 5.96 Å². The Morgan fingerprint density at radius 1 is 1.52 bits per heavy atom. The molecule has 2 rings (SSSR count). The van der Waals surface area contributed by atoms with Crippen molar-refractivity contribution in [1.29, 1.82) is 0 Å². The van der Waals surface area contributed by atoms with Gasteiger partial charge in [-0.2, -0.15) is 5.10 Å². The Labute approximate surface area is 159 Å². The van der Waals surface area contributed by atoms with Crippen LogP contribution in [0.3, 0.4) is 0 Å². The van der Waals surface area contributed by atoms with Gasteiger partial charge >= 0.3 is 0 Å². The summed E-state index contributed by atoms with van der Waals surface area (Å²) in [6, 6.07) is 4.27. The molecule has 1 unspecified atom stereocenters. The van der Waals surface area contributed by atoms with Crippen LogP contribution in [-0.4, -0.2) is 40.8 Å². The molecule has 0 fully saturated rings. The molecule has 0 aliphatic rings. The normalized spacial score (nSPS) is 12.6. The minimum absolute atomic E-state index is 0. The Morgan fingerprint density at radius 2 is 2.30 bits per heavy atom. The fourth-order valence-electron chi connectivity index (χ4n) is 2.26. The maximum absolute atomic E-state index is 4.78. The quantitative estimate of drug-likeness (QED) is 0.420. The van der Waals surface area contributed by atoms with Crippen LogP contribution in [0, 0.1) is 0 Å². The summed E-state index contributed by atoms with van der Waals surface area (Å²) in [5.41, 5.74) is 1.18. The van der Waals surface area contributed by atoms with Crippen molar-refractivity contribution in [3.63, 3.8) is 0 Å². The largest absolute Gasteiger partial charge is 0.357 e. The fourth-order valence-corrected chi connectivity index (χ4v) is 3.04. The van der Waals surface area contributed by atoms with Gasteiger partial charge in [-0.1, -0.05) is 13.0 Å². The van der Waals surface area contributed by atoms with Gasteiger partial charge < -0.3 is 10.2 Å². The average molecular weight is 447 g/mol. The highest BCUT2D eigenvalue weighted by molar-refractivity contribution is 14.0. The number of aliphatic imine (C=N–C) groups is 1. The number of aryl methyl sites for hydroxylation is 1. The maximum atomic E-state index is 4.78. The second kappa shape index (κ2) is 9.92. The molecule has 2 heterocycles. The molecule has 0 amide bonds. The molecule has 1 N–H and O–H groups in total. The number of nitrogens with one attached hydrogen (secondary N) is 1. The monoisotopic (exact) mass is 447 g/mol. The molecule has 0 spiro atoms. The highest BCUT2D eigenvalue weighted by Gasteiger charge is 2.10. The number of nitrogens with zero attached hydrogens (tertiary/aromatic N) is 4. The Morgan fingerprint density at radius 3 is 2.87 bits per heavy atom. The van der Waals surface area contributed by atoms with Crippen LogP contribution in [0.25, 0.3) is 0 Å². The fraction of sp³-hybridized carbons (Fsp3) is 0.500. The second-order valence-corrected chi connectivity index (χ2v) is 6.47. The van der Waals surface area contributed by atoms with Crippen LogP contribution in [0.2, 0.25) is 0 Å². The first-order valence-corrected chi connectivity index (χ1v) is 8.48. The Balaban J connectivity index is 0.00000264.